The lowest BCUT2D eigenvalue weighted by Crippen LogP contribution is -1.96. The summed E-state index contributed by atoms with van der Waals surface area (Å²) in [4.78, 5) is 13.6. The van der Waals surface area contributed by atoms with Gasteiger partial charge in [0.1, 0.15) is 4.88 Å². The van der Waals surface area contributed by atoms with Gasteiger partial charge in [-0.2, -0.15) is 0 Å². The molecule has 1 heterocycles. The number of aryl methyl sites for hydroxylation is 2. The van der Waals surface area contributed by atoms with Crippen molar-refractivity contribution in [2.24, 2.45) is 0 Å². The van der Waals surface area contributed by atoms with Crippen LogP contribution in [0.4, 0.5) is 0 Å². The highest BCUT2D eigenvalue weighted by atomic mass is 32.1. The molecule has 1 aromatic rings. The summed E-state index contributed by atoms with van der Waals surface area (Å²) in [5.74, 6) is -0.204. The van der Waals surface area contributed by atoms with Crippen LogP contribution in [0.15, 0.2) is 6.07 Å². The number of hydrogen-bond donors (Lipinski definition) is 0. The Morgan fingerprint density at radius 2 is 1.36 bits per heavy atom. The van der Waals surface area contributed by atoms with Crippen LogP contribution in [0.5, 0.6) is 0 Å². The van der Waals surface area contributed by atoms with Crippen LogP contribution in [0.1, 0.15) is 111 Å². The van der Waals surface area contributed by atoms with Crippen LogP contribution in [0, 0.1) is 6.92 Å². The average Bonchev–Trinajstić information content (AvgIpc) is 2.99. The molecule has 0 saturated heterocycles. The van der Waals surface area contributed by atoms with E-state index in [1.165, 1.54) is 101 Å². The van der Waals surface area contributed by atoms with Crippen molar-refractivity contribution >= 4 is 17.3 Å². The number of thiophene rings is 1. The summed E-state index contributed by atoms with van der Waals surface area (Å²) >= 11 is 1.60. The van der Waals surface area contributed by atoms with Crippen molar-refractivity contribution in [1.29, 1.82) is 0 Å². The zero-order valence-corrected chi connectivity index (χ0v) is 17.5. The Morgan fingerprint density at radius 1 is 0.880 bits per heavy atom. The Balaban J connectivity index is 1.95. The van der Waals surface area contributed by atoms with Gasteiger partial charge in [-0.15, -0.1) is 11.3 Å². The predicted molar refractivity (Wildman–Crippen MR) is 110 cm³/mol. The second-order valence-corrected chi connectivity index (χ2v) is 8.34. The minimum Gasteiger partial charge on any atom is -0.465 e. The Labute approximate surface area is 159 Å². The highest BCUT2D eigenvalue weighted by Crippen LogP contribution is 2.24. The molecule has 0 fully saturated rings. The summed E-state index contributed by atoms with van der Waals surface area (Å²) in [7, 11) is 1.45. The maximum Gasteiger partial charge on any atom is 0.348 e. The molecule has 0 saturated carbocycles. The third-order valence-electron chi connectivity index (χ3n) is 4.91. The number of carbonyl (C=O) groups excluding carboxylic acids is 1. The van der Waals surface area contributed by atoms with Crippen LogP contribution in [0.3, 0.4) is 0 Å². The van der Waals surface area contributed by atoms with Gasteiger partial charge in [-0.1, -0.05) is 84.0 Å². The van der Waals surface area contributed by atoms with Gasteiger partial charge in [-0.3, -0.25) is 0 Å². The molecule has 3 heteroatoms. The summed E-state index contributed by atoms with van der Waals surface area (Å²) in [6.07, 6.45) is 19.1. The third kappa shape index (κ3) is 10.0. The Bertz CT molecular complexity index is 465. The molecule has 144 valence electrons. The summed E-state index contributed by atoms with van der Waals surface area (Å²) in [6.45, 7) is 4.38. The van der Waals surface area contributed by atoms with Gasteiger partial charge in [0.05, 0.1) is 7.11 Å². The van der Waals surface area contributed by atoms with E-state index in [1.807, 2.05) is 6.07 Å². The van der Waals surface area contributed by atoms with E-state index >= 15 is 0 Å². The van der Waals surface area contributed by atoms with Gasteiger partial charge in [-0.05, 0) is 31.4 Å². The molecular formula is C22H38O2S. The predicted octanol–water partition coefficient (Wildman–Crippen LogP) is 7.48. The number of esters is 1. The van der Waals surface area contributed by atoms with E-state index in [2.05, 4.69) is 13.8 Å². The zero-order valence-electron chi connectivity index (χ0n) is 16.7. The van der Waals surface area contributed by atoms with Crippen molar-refractivity contribution in [3.63, 3.8) is 0 Å². The maximum absolute atomic E-state index is 11.6. The number of unbranched alkanes of at least 4 members (excludes halogenated alkanes) is 12. The molecule has 0 atom stereocenters. The smallest absolute Gasteiger partial charge is 0.348 e. The second kappa shape index (κ2) is 14.4. The van der Waals surface area contributed by atoms with Crippen LogP contribution >= 0.6 is 11.3 Å². The molecule has 0 aliphatic carbocycles. The van der Waals surface area contributed by atoms with Crippen molar-refractivity contribution in [3.8, 4) is 0 Å². The normalized spacial score (nSPS) is 11.0. The van der Waals surface area contributed by atoms with E-state index in [9.17, 15) is 4.79 Å². The molecule has 1 rings (SSSR count). The summed E-state index contributed by atoms with van der Waals surface area (Å²) in [5.41, 5.74) is 1.24. The molecule has 0 N–H and O–H groups in total. The molecule has 0 aliphatic heterocycles. The van der Waals surface area contributed by atoms with Gasteiger partial charge >= 0.3 is 5.97 Å². The first-order valence-electron chi connectivity index (χ1n) is 10.4. The standard InChI is InChI=1S/C22H38O2S/c1-4-5-6-7-8-9-10-11-12-13-14-15-16-17-20-19(2)18-21(25-20)22(23)24-3/h18H,4-17H2,1-3H3. The Morgan fingerprint density at radius 3 is 1.84 bits per heavy atom. The van der Waals surface area contributed by atoms with Crippen molar-refractivity contribution in [2.45, 2.75) is 104 Å². The fourth-order valence-electron chi connectivity index (χ4n) is 3.27. The number of carbonyl (C=O) groups is 1. The van der Waals surface area contributed by atoms with Crippen LogP contribution in [-0.2, 0) is 11.2 Å². The lowest BCUT2D eigenvalue weighted by Gasteiger charge is -2.03. The maximum atomic E-state index is 11.6. The molecule has 0 radical (unpaired) electrons. The highest BCUT2D eigenvalue weighted by molar-refractivity contribution is 7.14. The van der Waals surface area contributed by atoms with E-state index in [0.717, 1.165) is 11.3 Å². The van der Waals surface area contributed by atoms with Crippen molar-refractivity contribution < 1.29 is 9.53 Å². The fraction of sp³-hybridized carbons (Fsp3) is 0.773. The molecule has 2 nitrogen and oxygen atoms in total. The lowest BCUT2D eigenvalue weighted by molar-refractivity contribution is 0.0606. The highest BCUT2D eigenvalue weighted by Gasteiger charge is 2.12. The molecular weight excluding hydrogens is 328 g/mol. The number of methoxy groups -OCH3 is 1. The van der Waals surface area contributed by atoms with E-state index < -0.39 is 0 Å². The summed E-state index contributed by atoms with van der Waals surface area (Å²) in [5, 5.41) is 0. The summed E-state index contributed by atoms with van der Waals surface area (Å²) in [6, 6.07) is 1.97. The monoisotopic (exact) mass is 366 g/mol. The number of hydrogen-bond acceptors (Lipinski definition) is 3. The van der Waals surface area contributed by atoms with E-state index in [1.54, 1.807) is 11.3 Å². The van der Waals surface area contributed by atoms with Gasteiger partial charge in [0.25, 0.3) is 0 Å². The van der Waals surface area contributed by atoms with Crippen molar-refractivity contribution in [2.75, 3.05) is 7.11 Å². The van der Waals surface area contributed by atoms with Gasteiger partial charge in [0.2, 0.25) is 0 Å². The van der Waals surface area contributed by atoms with Crippen LogP contribution in [0.25, 0.3) is 0 Å². The molecule has 1 aromatic heterocycles. The molecule has 0 bridgehead atoms. The number of rotatable bonds is 15. The van der Waals surface area contributed by atoms with Crippen LogP contribution in [0.2, 0.25) is 0 Å². The SMILES string of the molecule is CCCCCCCCCCCCCCCc1sc(C(=O)OC)cc1C. The van der Waals surface area contributed by atoms with E-state index in [-0.39, 0.29) is 5.97 Å². The zero-order chi connectivity index (χ0) is 18.3. The number of ether oxygens (including phenoxy) is 1. The van der Waals surface area contributed by atoms with Gasteiger partial charge in [0, 0.05) is 4.88 Å². The van der Waals surface area contributed by atoms with Crippen molar-refractivity contribution in [1.82, 2.24) is 0 Å². The van der Waals surface area contributed by atoms with Crippen LogP contribution < -0.4 is 0 Å². The second-order valence-electron chi connectivity index (χ2n) is 7.20. The molecule has 0 amide bonds. The molecule has 0 aliphatic rings. The van der Waals surface area contributed by atoms with Gasteiger partial charge in [-0.25, -0.2) is 4.79 Å². The average molecular weight is 367 g/mol. The van der Waals surface area contributed by atoms with E-state index in [0.29, 0.717) is 0 Å². The Hall–Kier alpha value is -0.830. The fourth-order valence-corrected chi connectivity index (χ4v) is 4.41. The molecule has 0 spiro atoms. The molecule has 0 unspecified atom stereocenters. The van der Waals surface area contributed by atoms with Gasteiger partial charge < -0.3 is 4.74 Å². The largest absolute Gasteiger partial charge is 0.465 e. The quantitative estimate of drug-likeness (QED) is 0.237. The lowest BCUT2D eigenvalue weighted by atomic mass is 10.0. The first-order valence-corrected chi connectivity index (χ1v) is 11.2. The van der Waals surface area contributed by atoms with Crippen LogP contribution in [-0.4, -0.2) is 13.1 Å². The minimum absolute atomic E-state index is 0.204. The summed E-state index contributed by atoms with van der Waals surface area (Å²) < 4.78 is 4.80. The third-order valence-corrected chi connectivity index (χ3v) is 6.19. The minimum atomic E-state index is -0.204. The molecule has 25 heavy (non-hydrogen) atoms. The Kier molecular flexibility index (Phi) is 12.8. The first kappa shape index (κ1) is 22.2. The topological polar surface area (TPSA) is 26.3 Å². The first-order chi connectivity index (χ1) is 12.2. The molecule has 0 aromatic carbocycles. The van der Waals surface area contributed by atoms with E-state index in [4.69, 9.17) is 4.74 Å². The van der Waals surface area contributed by atoms with Gasteiger partial charge in [0.15, 0.2) is 0 Å². The van der Waals surface area contributed by atoms with Crippen molar-refractivity contribution in [3.05, 3.63) is 21.4 Å².